The number of furan rings is 1. The van der Waals surface area contributed by atoms with Crippen LogP contribution in [0.25, 0.3) is 0 Å². The number of hydrogen-bond donors (Lipinski definition) is 0. The summed E-state index contributed by atoms with van der Waals surface area (Å²) in [5, 5.41) is 0. The molecule has 1 fully saturated rings. The summed E-state index contributed by atoms with van der Waals surface area (Å²) >= 11 is 3.26. The zero-order valence-electron chi connectivity index (χ0n) is 11.4. The molecule has 1 aliphatic heterocycles. The molecule has 0 bridgehead atoms. The zero-order valence-corrected chi connectivity index (χ0v) is 13.0. The topological polar surface area (TPSA) is 42.7 Å². The van der Waals surface area contributed by atoms with Gasteiger partial charge < -0.3 is 14.1 Å². The normalized spacial score (nSPS) is 19.7. The second-order valence-corrected chi connectivity index (χ2v) is 5.87. The van der Waals surface area contributed by atoms with Crippen LogP contribution in [0.2, 0.25) is 0 Å². The van der Waals surface area contributed by atoms with Crippen molar-refractivity contribution >= 4 is 21.8 Å². The Morgan fingerprint density at radius 2 is 2.32 bits per heavy atom. The quantitative estimate of drug-likeness (QED) is 0.849. The molecular formula is C14H20BrNO3. The van der Waals surface area contributed by atoms with Crippen LogP contribution in [-0.4, -0.2) is 36.1 Å². The van der Waals surface area contributed by atoms with Crippen molar-refractivity contribution in [2.45, 2.75) is 45.3 Å². The van der Waals surface area contributed by atoms with Crippen LogP contribution in [0.1, 0.15) is 43.5 Å². The molecule has 106 valence electrons. The van der Waals surface area contributed by atoms with Gasteiger partial charge in [-0.2, -0.15) is 0 Å². The number of hydrogen-bond acceptors (Lipinski definition) is 3. The van der Waals surface area contributed by atoms with Gasteiger partial charge in [0.2, 0.25) is 0 Å². The van der Waals surface area contributed by atoms with Crippen molar-refractivity contribution in [1.82, 2.24) is 4.90 Å². The first kappa shape index (κ1) is 14.6. The lowest BCUT2D eigenvalue weighted by atomic mass is 10.1. The van der Waals surface area contributed by atoms with Crippen molar-refractivity contribution in [1.29, 1.82) is 0 Å². The Kier molecular flexibility index (Phi) is 5.05. The number of rotatable bonds is 4. The van der Waals surface area contributed by atoms with Gasteiger partial charge in [0.15, 0.2) is 4.67 Å². The molecule has 1 aromatic rings. The molecule has 0 radical (unpaired) electrons. The van der Waals surface area contributed by atoms with E-state index in [0.717, 1.165) is 19.4 Å². The Balaban J connectivity index is 2.07. The van der Waals surface area contributed by atoms with Gasteiger partial charge in [0, 0.05) is 19.2 Å². The minimum atomic E-state index is -0.00945. The van der Waals surface area contributed by atoms with E-state index in [1.807, 2.05) is 18.7 Å². The first-order chi connectivity index (χ1) is 9.09. The summed E-state index contributed by atoms with van der Waals surface area (Å²) in [4.78, 5) is 14.4. The van der Waals surface area contributed by atoms with Crippen molar-refractivity contribution in [3.8, 4) is 0 Å². The Morgan fingerprint density at radius 1 is 1.53 bits per heavy atom. The fourth-order valence-electron chi connectivity index (χ4n) is 2.30. The molecule has 0 aromatic carbocycles. The van der Waals surface area contributed by atoms with Crippen molar-refractivity contribution in [2.75, 3.05) is 13.2 Å². The van der Waals surface area contributed by atoms with Crippen LogP contribution in [0.5, 0.6) is 0 Å². The molecule has 1 saturated heterocycles. The van der Waals surface area contributed by atoms with Gasteiger partial charge in [-0.15, -0.1) is 0 Å². The Labute approximate surface area is 122 Å². The van der Waals surface area contributed by atoms with Crippen molar-refractivity contribution in [3.05, 3.63) is 22.6 Å². The molecular weight excluding hydrogens is 310 g/mol. The van der Waals surface area contributed by atoms with E-state index < -0.39 is 0 Å². The predicted molar refractivity (Wildman–Crippen MR) is 76.2 cm³/mol. The first-order valence-corrected chi connectivity index (χ1v) is 7.54. The van der Waals surface area contributed by atoms with Crippen LogP contribution in [0.15, 0.2) is 21.4 Å². The van der Waals surface area contributed by atoms with Gasteiger partial charge in [-0.05, 0) is 55.1 Å². The number of halogens is 1. The number of carbonyl (C=O) groups is 1. The van der Waals surface area contributed by atoms with Crippen molar-refractivity contribution < 1.29 is 13.9 Å². The third-order valence-electron chi connectivity index (χ3n) is 3.41. The lowest BCUT2D eigenvalue weighted by Crippen LogP contribution is -2.43. The van der Waals surface area contributed by atoms with Gasteiger partial charge >= 0.3 is 0 Å². The summed E-state index contributed by atoms with van der Waals surface area (Å²) < 4.78 is 11.4. The van der Waals surface area contributed by atoms with Crippen molar-refractivity contribution in [3.63, 3.8) is 0 Å². The molecule has 0 spiro atoms. The summed E-state index contributed by atoms with van der Waals surface area (Å²) in [6.45, 7) is 5.50. The predicted octanol–water partition coefficient (Wildman–Crippen LogP) is 3.46. The smallest absolute Gasteiger partial charge is 0.258 e. The van der Waals surface area contributed by atoms with Gasteiger partial charge in [0.05, 0.1) is 17.9 Å². The molecule has 1 atom stereocenters. The maximum absolute atomic E-state index is 12.5. The molecule has 0 aliphatic carbocycles. The molecule has 1 aliphatic rings. The fourth-order valence-corrected chi connectivity index (χ4v) is 2.71. The monoisotopic (exact) mass is 329 g/mol. The number of ether oxygens (including phenoxy) is 1. The van der Waals surface area contributed by atoms with E-state index in [0.29, 0.717) is 16.8 Å². The fraction of sp³-hybridized carbons (Fsp3) is 0.643. The van der Waals surface area contributed by atoms with Gasteiger partial charge in [0.25, 0.3) is 5.91 Å². The maximum Gasteiger partial charge on any atom is 0.258 e. The minimum absolute atomic E-state index is 0.00945. The molecule has 0 unspecified atom stereocenters. The number of amides is 1. The third kappa shape index (κ3) is 3.60. The zero-order chi connectivity index (χ0) is 13.8. The van der Waals surface area contributed by atoms with E-state index in [-0.39, 0.29) is 18.1 Å². The Bertz CT molecular complexity index is 424. The summed E-state index contributed by atoms with van der Waals surface area (Å²) in [7, 11) is 0. The molecule has 2 heterocycles. The minimum Gasteiger partial charge on any atom is -0.457 e. The second-order valence-electron chi connectivity index (χ2n) is 5.15. The van der Waals surface area contributed by atoms with Crippen LogP contribution < -0.4 is 0 Å². The van der Waals surface area contributed by atoms with E-state index in [2.05, 4.69) is 15.9 Å². The summed E-state index contributed by atoms with van der Waals surface area (Å²) in [5.41, 5.74) is 0.574. The Hall–Kier alpha value is -0.810. The van der Waals surface area contributed by atoms with Gasteiger partial charge in [-0.1, -0.05) is 0 Å². The first-order valence-electron chi connectivity index (χ1n) is 6.75. The van der Waals surface area contributed by atoms with E-state index in [1.165, 1.54) is 12.7 Å². The van der Waals surface area contributed by atoms with Gasteiger partial charge in [-0.3, -0.25) is 4.79 Å². The molecule has 5 heteroatoms. The van der Waals surface area contributed by atoms with Crippen LogP contribution in [0.4, 0.5) is 0 Å². The van der Waals surface area contributed by atoms with Crippen molar-refractivity contribution in [2.24, 2.45) is 0 Å². The van der Waals surface area contributed by atoms with Crippen LogP contribution in [0, 0.1) is 0 Å². The second kappa shape index (κ2) is 6.57. The lowest BCUT2D eigenvalue weighted by molar-refractivity contribution is -0.00834. The highest BCUT2D eigenvalue weighted by Crippen LogP contribution is 2.22. The largest absolute Gasteiger partial charge is 0.457 e. The SMILES string of the molecule is CC(C)N(C[C@H]1CCCCO1)C(=O)c1ccoc1Br. The summed E-state index contributed by atoms with van der Waals surface area (Å²) in [6, 6.07) is 1.84. The molecule has 1 aromatic heterocycles. The van der Waals surface area contributed by atoms with Gasteiger partial charge in [-0.25, -0.2) is 0 Å². The van der Waals surface area contributed by atoms with Gasteiger partial charge in [0.1, 0.15) is 0 Å². The molecule has 1 amide bonds. The molecule has 4 nitrogen and oxygen atoms in total. The number of nitrogens with zero attached hydrogens (tertiary/aromatic N) is 1. The highest BCUT2D eigenvalue weighted by Gasteiger charge is 2.26. The van der Waals surface area contributed by atoms with E-state index >= 15 is 0 Å². The van der Waals surface area contributed by atoms with E-state index in [1.54, 1.807) is 6.07 Å². The molecule has 19 heavy (non-hydrogen) atoms. The number of carbonyl (C=O) groups excluding carboxylic acids is 1. The lowest BCUT2D eigenvalue weighted by Gasteiger charge is -2.32. The molecule has 2 rings (SSSR count). The average Bonchev–Trinajstić information content (AvgIpc) is 2.82. The highest BCUT2D eigenvalue weighted by atomic mass is 79.9. The van der Waals surface area contributed by atoms with Crippen LogP contribution in [-0.2, 0) is 4.74 Å². The molecule has 0 N–H and O–H groups in total. The van der Waals surface area contributed by atoms with E-state index in [9.17, 15) is 4.79 Å². The third-order valence-corrected chi connectivity index (χ3v) is 4.02. The molecule has 0 saturated carbocycles. The Morgan fingerprint density at radius 3 is 2.84 bits per heavy atom. The maximum atomic E-state index is 12.5. The van der Waals surface area contributed by atoms with Crippen LogP contribution >= 0.6 is 15.9 Å². The summed E-state index contributed by atoms with van der Waals surface area (Å²) in [6.07, 6.45) is 5.01. The standard InChI is InChI=1S/C14H20BrNO3/c1-10(2)16(9-11-5-3-4-7-18-11)14(17)12-6-8-19-13(12)15/h6,8,10-11H,3-5,7,9H2,1-2H3/t11-/m1/s1. The summed E-state index contributed by atoms with van der Waals surface area (Å²) in [5.74, 6) is -0.00945. The average molecular weight is 330 g/mol. The van der Waals surface area contributed by atoms with Crippen LogP contribution in [0.3, 0.4) is 0 Å². The van der Waals surface area contributed by atoms with E-state index in [4.69, 9.17) is 9.15 Å². The highest BCUT2D eigenvalue weighted by molar-refractivity contribution is 9.10.